The van der Waals surface area contributed by atoms with Gasteiger partial charge in [0.25, 0.3) is 0 Å². The van der Waals surface area contributed by atoms with E-state index in [0.717, 1.165) is 5.56 Å². The maximum absolute atomic E-state index is 11.2. The molecule has 0 bridgehead atoms. The fourth-order valence-corrected chi connectivity index (χ4v) is 1.75. The number of carboxylic acids is 1. The van der Waals surface area contributed by atoms with Gasteiger partial charge in [-0.2, -0.15) is 0 Å². The van der Waals surface area contributed by atoms with Gasteiger partial charge in [-0.15, -0.1) is 0 Å². The number of benzene rings is 1. The minimum absolute atomic E-state index is 0.0745. The van der Waals surface area contributed by atoms with E-state index in [-0.39, 0.29) is 6.61 Å². The van der Waals surface area contributed by atoms with Gasteiger partial charge in [-0.25, -0.2) is 0 Å². The Morgan fingerprint density at radius 1 is 1.47 bits per heavy atom. The van der Waals surface area contributed by atoms with Crippen LogP contribution in [0.3, 0.4) is 0 Å². The highest BCUT2D eigenvalue weighted by Gasteiger charge is 2.24. The molecule has 0 heterocycles. The Labute approximate surface area is 105 Å². The molecule has 0 aliphatic carbocycles. The number of aryl methyl sites for hydroxylation is 1. The Morgan fingerprint density at radius 2 is 2.12 bits per heavy atom. The van der Waals surface area contributed by atoms with Crippen LogP contribution in [0.4, 0.5) is 0 Å². The molecule has 0 radical (unpaired) electrons. The molecule has 1 unspecified atom stereocenters. The largest absolute Gasteiger partial charge is 0.496 e. The van der Waals surface area contributed by atoms with Crippen molar-refractivity contribution in [3.63, 3.8) is 0 Å². The molecule has 0 fully saturated rings. The Hall–Kier alpha value is -1.26. The van der Waals surface area contributed by atoms with Crippen LogP contribution in [0.25, 0.3) is 0 Å². The maximum atomic E-state index is 11.2. The highest BCUT2D eigenvalue weighted by molar-refractivity contribution is 6.31. The van der Waals surface area contributed by atoms with E-state index in [1.165, 1.54) is 14.2 Å². The Kier molecular flexibility index (Phi) is 4.78. The number of halogens is 1. The fraction of sp³-hybridized carbons (Fsp3) is 0.417. The van der Waals surface area contributed by atoms with Crippen LogP contribution in [0.5, 0.6) is 5.75 Å². The third-order valence-electron chi connectivity index (χ3n) is 2.52. The molecule has 4 nitrogen and oxygen atoms in total. The smallest absolute Gasteiger partial charge is 0.313 e. The van der Waals surface area contributed by atoms with Gasteiger partial charge in [0.05, 0.1) is 13.7 Å². The summed E-state index contributed by atoms with van der Waals surface area (Å²) in [6.07, 6.45) is 0. The van der Waals surface area contributed by atoms with Crippen molar-refractivity contribution in [2.45, 2.75) is 12.8 Å². The van der Waals surface area contributed by atoms with Crippen LogP contribution in [0.15, 0.2) is 12.1 Å². The Bertz CT molecular complexity index is 417. The number of carboxylic acid groups (broad SMARTS) is 1. The highest BCUT2D eigenvalue weighted by atomic mass is 35.5. The molecule has 0 spiro atoms. The van der Waals surface area contributed by atoms with Crippen molar-refractivity contribution in [3.8, 4) is 5.75 Å². The van der Waals surface area contributed by atoms with E-state index in [0.29, 0.717) is 16.3 Å². The predicted molar refractivity (Wildman–Crippen MR) is 65.0 cm³/mol. The Balaban J connectivity index is 3.25. The first-order chi connectivity index (χ1) is 8.01. The monoisotopic (exact) mass is 258 g/mol. The van der Waals surface area contributed by atoms with Gasteiger partial charge in [0.15, 0.2) is 0 Å². The SMILES string of the molecule is COCC(C(=O)O)c1cc(Cl)c(C)cc1OC. The lowest BCUT2D eigenvalue weighted by Crippen LogP contribution is -2.18. The Morgan fingerprint density at radius 3 is 2.59 bits per heavy atom. The molecule has 0 aliphatic heterocycles. The third kappa shape index (κ3) is 3.11. The molecule has 1 rings (SSSR count). The number of rotatable bonds is 5. The van der Waals surface area contributed by atoms with Crippen LogP contribution in [0.2, 0.25) is 5.02 Å². The summed E-state index contributed by atoms with van der Waals surface area (Å²) in [4.78, 5) is 11.2. The molecular weight excluding hydrogens is 244 g/mol. The topological polar surface area (TPSA) is 55.8 Å². The predicted octanol–water partition coefficient (Wildman–Crippen LogP) is 2.47. The number of aliphatic carboxylic acids is 1. The molecule has 1 atom stereocenters. The summed E-state index contributed by atoms with van der Waals surface area (Å²) in [6, 6.07) is 3.34. The molecule has 17 heavy (non-hydrogen) atoms. The molecule has 1 N–H and O–H groups in total. The summed E-state index contributed by atoms with van der Waals surface area (Å²) in [7, 11) is 2.95. The molecule has 1 aromatic rings. The van der Waals surface area contributed by atoms with Crippen molar-refractivity contribution >= 4 is 17.6 Å². The van der Waals surface area contributed by atoms with Crippen molar-refractivity contribution in [1.82, 2.24) is 0 Å². The third-order valence-corrected chi connectivity index (χ3v) is 2.93. The van der Waals surface area contributed by atoms with Crippen LogP contribution in [-0.4, -0.2) is 31.9 Å². The van der Waals surface area contributed by atoms with E-state index >= 15 is 0 Å². The number of hydrogen-bond acceptors (Lipinski definition) is 3. The molecular formula is C12H15ClO4. The average Bonchev–Trinajstić information content (AvgIpc) is 2.29. The minimum atomic E-state index is -0.968. The van der Waals surface area contributed by atoms with Crippen molar-refractivity contribution in [2.75, 3.05) is 20.8 Å². The second-order valence-electron chi connectivity index (χ2n) is 3.69. The lowest BCUT2D eigenvalue weighted by molar-refractivity contribution is -0.140. The maximum Gasteiger partial charge on any atom is 0.313 e. The zero-order chi connectivity index (χ0) is 13.0. The molecule has 0 aliphatic rings. The lowest BCUT2D eigenvalue weighted by atomic mass is 9.97. The first-order valence-corrected chi connectivity index (χ1v) is 5.44. The standard InChI is InChI=1S/C12H15ClO4/c1-7-4-11(17-3)8(5-10(7)13)9(6-16-2)12(14)15/h4-5,9H,6H2,1-3H3,(H,14,15). The summed E-state index contributed by atoms with van der Waals surface area (Å²) in [5, 5.41) is 9.68. The molecule has 94 valence electrons. The summed E-state index contributed by atoms with van der Waals surface area (Å²) in [6.45, 7) is 1.91. The van der Waals surface area contributed by atoms with Gasteiger partial charge < -0.3 is 14.6 Å². The number of ether oxygens (including phenoxy) is 2. The van der Waals surface area contributed by atoms with Gasteiger partial charge in [-0.1, -0.05) is 11.6 Å². The second-order valence-corrected chi connectivity index (χ2v) is 4.10. The number of carbonyl (C=O) groups is 1. The van der Waals surface area contributed by atoms with Gasteiger partial charge >= 0.3 is 5.97 Å². The van der Waals surface area contributed by atoms with E-state index in [9.17, 15) is 4.79 Å². The molecule has 1 aromatic carbocycles. The van der Waals surface area contributed by atoms with Gasteiger partial charge in [0.1, 0.15) is 11.7 Å². The van der Waals surface area contributed by atoms with Crippen LogP contribution in [0, 0.1) is 6.92 Å². The average molecular weight is 259 g/mol. The van der Waals surface area contributed by atoms with E-state index < -0.39 is 11.9 Å². The van der Waals surface area contributed by atoms with Crippen molar-refractivity contribution in [3.05, 3.63) is 28.3 Å². The van der Waals surface area contributed by atoms with Crippen LogP contribution in [0.1, 0.15) is 17.0 Å². The minimum Gasteiger partial charge on any atom is -0.496 e. The van der Waals surface area contributed by atoms with E-state index in [1.807, 2.05) is 6.92 Å². The van der Waals surface area contributed by atoms with E-state index in [1.54, 1.807) is 12.1 Å². The number of hydrogen-bond donors (Lipinski definition) is 1. The normalized spacial score (nSPS) is 12.2. The van der Waals surface area contributed by atoms with Crippen LogP contribution < -0.4 is 4.74 Å². The summed E-state index contributed by atoms with van der Waals surface area (Å²) < 4.78 is 10.1. The van der Waals surface area contributed by atoms with E-state index in [4.69, 9.17) is 26.2 Å². The zero-order valence-electron chi connectivity index (χ0n) is 9.99. The second kappa shape index (κ2) is 5.89. The van der Waals surface area contributed by atoms with Crippen LogP contribution >= 0.6 is 11.6 Å². The first kappa shape index (κ1) is 13.8. The molecule has 0 aromatic heterocycles. The lowest BCUT2D eigenvalue weighted by Gasteiger charge is -2.16. The van der Waals surface area contributed by atoms with Gasteiger partial charge in [-0.05, 0) is 24.6 Å². The van der Waals surface area contributed by atoms with Gasteiger partial charge in [-0.3, -0.25) is 4.79 Å². The van der Waals surface area contributed by atoms with E-state index in [2.05, 4.69) is 0 Å². The zero-order valence-corrected chi connectivity index (χ0v) is 10.7. The molecule has 0 saturated heterocycles. The molecule has 0 saturated carbocycles. The highest BCUT2D eigenvalue weighted by Crippen LogP contribution is 2.32. The summed E-state index contributed by atoms with van der Waals surface area (Å²) in [5.41, 5.74) is 1.37. The molecule has 5 heteroatoms. The fourth-order valence-electron chi connectivity index (χ4n) is 1.58. The van der Waals surface area contributed by atoms with Crippen LogP contribution in [-0.2, 0) is 9.53 Å². The number of methoxy groups -OCH3 is 2. The van der Waals surface area contributed by atoms with Crippen molar-refractivity contribution in [2.24, 2.45) is 0 Å². The molecule has 0 amide bonds. The quantitative estimate of drug-likeness (QED) is 0.882. The van der Waals surface area contributed by atoms with Crippen molar-refractivity contribution in [1.29, 1.82) is 0 Å². The van der Waals surface area contributed by atoms with Gasteiger partial charge in [0.2, 0.25) is 0 Å². The summed E-state index contributed by atoms with van der Waals surface area (Å²) in [5.74, 6) is -1.24. The van der Waals surface area contributed by atoms with Gasteiger partial charge in [0, 0.05) is 17.7 Å². The summed E-state index contributed by atoms with van der Waals surface area (Å²) >= 11 is 6.00. The first-order valence-electron chi connectivity index (χ1n) is 5.07. The van der Waals surface area contributed by atoms with Crippen molar-refractivity contribution < 1.29 is 19.4 Å².